The summed E-state index contributed by atoms with van der Waals surface area (Å²) in [6.45, 7) is 3.76. The van der Waals surface area contributed by atoms with E-state index in [4.69, 9.17) is 0 Å². The van der Waals surface area contributed by atoms with Crippen LogP contribution in [0, 0.1) is 6.92 Å². The second-order valence-corrected chi connectivity index (χ2v) is 5.21. The molecule has 1 atom stereocenters. The number of imidazole rings is 1. The van der Waals surface area contributed by atoms with Crippen molar-refractivity contribution in [1.82, 2.24) is 19.6 Å². The quantitative estimate of drug-likeness (QED) is 0.920. The van der Waals surface area contributed by atoms with Crippen LogP contribution in [0.25, 0.3) is 5.65 Å². The zero-order valence-electron chi connectivity index (χ0n) is 12.8. The van der Waals surface area contributed by atoms with Gasteiger partial charge in [-0.2, -0.15) is 0 Å². The van der Waals surface area contributed by atoms with Crippen LogP contribution in [0.3, 0.4) is 0 Å². The number of amides is 2. The molecule has 2 aromatic rings. The van der Waals surface area contributed by atoms with E-state index < -0.39 is 0 Å². The Morgan fingerprint density at radius 1 is 1.38 bits per heavy atom. The highest BCUT2D eigenvalue weighted by atomic mass is 16.2. The molecule has 0 saturated carbocycles. The summed E-state index contributed by atoms with van der Waals surface area (Å²) < 4.78 is 1.83. The first-order chi connectivity index (χ1) is 9.92. The van der Waals surface area contributed by atoms with E-state index >= 15 is 0 Å². The molecule has 2 rings (SSSR count). The van der Waals surface area contributed by atoms with Crippen LogP contribution < -0.4 is 5.32 Å². The predicted molar refractivity (Wildman–Crippen MR) is 80.2 cm³/mol. The smallest absolute Gasteiger partial charge is 0.255 e. The first kappa shape index (κ1) is 15.0. The fourth-order valence-electron chi connectivity index (χ4n) is 2.16. The Morgan fingerprint density at radius 3 is 2.76 bits per heavy atom. The van der Waals surface area contributed by atoms with E-state index in [1.807, 2.05) is 30.5 Å². The first-order valence-electron chi connectivity index (χ1n) is 6.85. The standard InChI is InChI=1S/C15H20N4O2/c1-10-8-19-9-12(5-6-13(19)17-10)15(21)18(4)11(2)7-14(20)16-3/h5-6,8-9,11H,7H2,1-4H3,(H,16,20)/t11-/m0/s1. The van der Waals surface area contributed by atoms with Gasteiger partial charge in [-0.05, 0) is 26.0 Å². The van der Waals surface area contributed by atoms with Crippen LogP contribution in [0.1, 0.15) is 29.4 Å². The molecule has 2 amide bonds. The lowest BCUT2D eigenvalue weighted by Crippen LogP contribution is -2.38. The summed E-state index contributed by atoms with van der Waals surface area (Å²) in [5.74, 6) is -0.192. The highest BCUT2D eigenvalue weighted by Crippen LogP contribution is 2.12. The van der Waals surface area contributed by atoms with Crippen LogP contribution in [0.2, 0.25) is 0 Å². The number of aromatic nitrogens is 2. The van der Waals surface area contributed by atoms with E-state index in [1.165, 1.54) is 0 Å². The van der Waals surface area contributed by atoms with Crippen molar-refractivity contribution in [2.75, 3.05) is 14.1 Å². The third-order valence-electron chi connectivity index (χ3n) is 3.56. The summed E-state index contributed by atoms with van der Waals surface area (Å²) in [5, 5.41) is 2.57. The largest absolute Gasteiger partial charge is 0.359 e. The molecule has 21 heavy (non-hydrogen) atoms. The minimum absolute atomic E-state index is 0.0807. The lowest BCUT2D eigenvalue weighted by atomic mass is 10.1. The van der Waals surface area contributed by atoms with Crippen LogP contribution >= 0.6 is 0 Å². The van der Waals surface area contributed by atoms with Gasteiger partial charge in [-0.15, -0.1) is 0 Å². The lowest BCUT2D eigenvalue weighted by molar-refractivity contribution is -0.121. The molecular formula is C15H20N4O2. The Labute approximate surface area is 123 Å². The van der Waals surface area contributed by atoms with Crippen molar-refractivity contribution in [3.63, 3.8) is 0 Å². The molecule has 0 aromatic carbocycles. The minimum atomic E-state index is -0.169. The number of hydrogen-bond donors (Lipinski definition) is 1. The van der Waals surface area contributed by atoms with E-state index in [0.717, 1.165) is 11.3 Å². The highest BCUT2D eigenvalue weighted by molar-refractivity contribution is 5.94. The Kier molecular flexibility index (Phi) is 4.26. The number of nitrogens with one attached hydrogen (secondary N) is 1. The van der Waals surface area contributed by atoms with Crippen LogP contribution in [0.5, 0.6) is 0 Å². The zero-order valence-corrected chi connectivity index (χ0v) is 12.8. The van der Waals surface area contributed by atoms with E-state index in [9.17, 15) is 9.59 Å². The molecule has 6 nitrogen and oxygen atoms in total. The number of carbonyl (C=O) groups is 2. The van der Waals surface area contributed by atoms with Gasteiger partial charge in [0.05, 0.1) is 11.3 Å². The van der Waals surface area contributed by atoms with Gasteiger partial charge in [0.2, 0.25) is 5.91 Å². The molecule has 0 aliphatic heterocycles. The number of carbonyl (C=O) groups excluding carboxylic acids is 2. The summed E-state index contributed by atoms with van der Waals surface area (Å²) in [6.07, 6.45) is 3.92. The van der Waals surface area contributed by atoms with Gasteiger partial charge in [0.15, 0.2) is 0 Å². The van der Waals surface area contributed by atoms with Crippen molar-refractivity contribution in [1.29, 1.82) is 0 Å². The fraction of sp³-hybridized carbons (Fsp3) is 0.400. The van der Waals surface area contributed by atoms with E-state index in [1.54, 1.807) is 31.3 Å². The van der Waals surface area contributed by atoms with Gasteiger partial charge in [0.25, 0.3) is 5.91 Å². The molecule has 2 heterocycles. The summed E-state index contributed by atoms with van der Waals surface area (Å²) in [5.41, 5.74) is 2.29. The molecule has 0 aliphatic carbocycles. The van der Waals surface area contributed by atoms with Gasteiger partial charge >= 0.3 is 0 Å². The zero-order chi connectivity index (χ0) is 15.6. The van der Waals surface area contributed by atoms with Crippen LogP contribution in [0.4, 0.5) is 0 Å². The summed E-state index contributed by atoms with van der Waals surface area (Å²) >= 11 is 0. The minimum Gasteiger partial charge on any atom is -0.359 e. The van der Waals surface area contributed by atoms with E-state index in [2.05, 4.69) is 10.3 Å². The Morgan fingerprint density at radius 2 is 2.10 bits per heavy atom. The SMILES string of the molecule is CNC(=O)C[C@H](C)N(C)C(=O)c1ccc2nc(C)cn2c1. The molecule has 112 valence electrons. The van der Waals surface area contributed by atoms with Gasteiger partial charge in [0.1, 0.15) is 5.65 Å². The molecular weight excluding hydrogens is 268 g/mol. The number of fused-ring (bicyclic) bond motifs is 1. The molecule has 0 fully saturated rings. The van der Waals surface area contributed by atoms with Crippen molar-refractivity contribution >= 4 is 17.5 Å². The monoisotopic (exact) mass is 288 g/mol. The van der Waals surface area contributed by atoms with Crippen LogP contribution in [0.15, 0.2) is 24.5 Å². The van der Waals surface area contributed by atoms with Crippen molar-refractivity contribution in [2.45, 2.75) is 26.3 Å². The second-order valence-electron chi connectivity index (χ2n) is 5.21. The molecule has 0 bridgehead atoms. The molecule has 0 saturated heterocycles. The third kappa shape index (κ3) is 3.21. The average Bonchev–Trinajstić information content (AvgIpc) is 2.84. The van der Waals surface area contributed by atoms with Gasteiger partial charge in [-0.3, -0.25) is 9.59 Å². The number of rotatable bonds is 4. The summed E-state index contributed by atoms with van der Waals surface area (Å²) in [4.78, 5) is 29.8. The number of pyridine rings is 1. The van der Waals surface area contributed by atoms with Crippen molar-refractivity contribution in [3.05, 3.63) is 35.8 Å². The van der Waals surface area contributed by atoms with Gasteiger partial charge in [0, 0.05) is 39.0 Å². The average molecular weight is 288 g/mol. The van der Waals surface area contributed by atoms with Gasteiger partial charge < -0.3 is 14.6 Å². The maximum absolute atomic E-state index is 12.5. The Hall–Kier alpha value is -2.37. The summed E-state index contributed by atoms with van der Waals surface area (Å²) in [7, 11) is 3.30. The predicted octanol–water partition coefficient (Wildman–Crippen LogP) is 1.24. The summed E-state index contributed by atoms with van der Waals surface area (Å²) in [6, 6.07) is 3.41. The molecule has 0 radical (unpaired) electrons. The van der Waals surface area contributed by atoms with E-state index in [-0.39, 0.29) is 24.3 Å². The molecule has 0 spiro atoms. The highest BCUT2D eigenvalue weighted by Gasteiger charge is 2.20. The maximum atomic E-state index is 12.5. The molecule has 0 aliphatic rings. The Balaban J connectivity index is 2.18. The number of hydrogen-bond acceptors (Lipinski definition) is 3. The van der Waals surface area contributed by atoms with Crippen molar-refractivity contribution in [2.24, 2.45) is 0 Å². The molecule has 0 unspecified atom stereocenters. The molecule has 6 heteroatoms. The normalized spacial score (nSPS) is 12.2. The topological polar surface area (TPSA) is 66.7 Å². The van der Waals surface area contributed by atoms with Crippen molar-refractivity contribution < 1.29 is 9.59 Å². The lowest BCUT2D eigenvalue weighted by Gasteiger charge is -2.24. The van der Waals surface area contributed by atoms with E-state index in [0.29, 0.717) is 5.56 Å². The third-order valence-corrected chi connectivity index (χ3v) is 3.56. The Bertz CT molecular complexity index is 677. The van der Waals surface area contributed by atoms with Crippen molar-refractivity contribution in [3.8, 4) is 0 Å². The number of nitrogens with zero attached hydrogens (tertiary/aromatic N) is 3. The van der Waals surface area contributed by atoms with Gasteiger partial charge in [-0.25, -0.2) is 4.98 Å². The first-order valence-corrected chi connectivity index (χ1v) is 6.85. The molecule has 1 N–H and O–H groups in total. The van der Waals surface area contributed by atoms with Crippen LogP contribution in [-0.2, 0) is 4.79 Å². The maximum Gasteiger partial charge on any atom is 0.255 e. The van der Waals surface area contributed by atoms with Crippen LogP contribution in [-0.4, -0.2) is 46.2 Å². The van der Waals surface area contributed by atoms with Gasteiger partial charge in [-0.1, -0.05) is 0 Å². The molecule has 2 aromatic heterocycles. The fourth-order valence-corrected chi connectivity index (χ4v) is 2.16. The second kappa shape index (κ2) is 5.95. The number of aryl methyl sites for hydroxylation is 1.